The zero-order valence-electron chi connectivity index (χ0n) is 12.0. The van der Waals surface area contributed by atoms with Crippen molar-refractivity contribution in [1.82, 2.24) is 5.32 Å². The average molecular weight is 277 g/mol. The fourth-order valence-corrected chi connectivity index (χ4v) is 2.38. The Morgan fingerprint density at radius 3 is 2.70 bits per heavy atom. The molecule has 1 amide bonds. The van der Waals surface area contributed by atoms with Crippen LogP contribution in [0.3, 0.4) is 0 Å². The van der Waals surface area contributed by atoms with Gasteiger partial charge >= 0.3 is 13.2 Å². The largest absolute Gasteiger partial charge is 0.488 e. The normalized spacial score (nSPS) is 17.6. The van der Waals surface area contributed by atoms with Crippen LogP contribution in [0.25, 0.3) is 0 Å². The number of carbonyl (C=O) groups is 1. The van der Waals surface area contributed by atoms with E-state index >= 15 is 0 Å². The monoisotopic (exact) mass is 277 g/mol. The molecule has 0 aliphatic heterocycles. The number of hydrogen-bond donors (Lipinski definition) is 3. The first kappa shape index (κ1) is 14.9. The van der Waals surface area contributed by atoms with Crippen molar-refractivity contribution in [3.63, 3.8) is 0 Å². The van der Waals surface area contributed by atoms with Gasteiger partial charge in [0.25, 0.3) is 0 Å². The van der Waals surface area contributed by atoms with Crippen LogP contribution in [0.15, 0.2) is 18.2 Å². The van der Waals surface area contributed by atoms with Crippen LogP contribution in [0.1, 0.15) is 44.4 Å². The van der Waals surface area contributed by atoms with Gasteiger partial charge in [-0.05, 0) is 50.2 Å². The SMILES string of the molecule is CC(C)(C)OC(=O)NC1CCc2ccc(B(O)O)cc21. The summed E-state index contributed by atoms with van der Waals surface area (Å²) in [6.07, 6.45) is 1.20. The molecule has 0 aromatic heterocycles. The summed E-state index contributed by atoms with van der Waals surface area (Å²) >= 11 is 0. The van der Waals surface area contributed by atoms with E-state index in [9.17, 15) is 14.8 Å². The Kier molecular flexibility index (Phi) is 4.06. The molecule has 3 N–H and O–H groups in total. The number of rotatable bonds is 2. The highest BCUT2D eigenvalue weighted by Crippen LogP contribution is 2.30. The number of amides is 1. The lowest BCUT2D eigenvalue weighted by Crippen LogP contribution is -2.35. The van der Waals surface area contributed by atoms with Crippen molar-refractivity contribution in [2.24, 2.45) is 0 Å². The first-order chi connectivity index (χ1) is 9.26. The molecule has 2 rings (SSSR count). The van der Waals surface area contributed by atoms with E-state index in [1.54, 1.807) is 12.1 Å². The van der Waals surface area contributed by atoms with Crippen LogP contribution in [0.4, 0.5) is 4.79 Å². The Morgan fingerprint density at radius 1 is 1.40 bits per heavy atom. The van der Waals surface area contributed by atoms with Crippen LogP contribution in [-0.4, -0.2) is 28.9 Å². The number of carbonyl (C=O) groups excluding carboxylic acids is 1. The summed E-state index contributed by atoms with van der Waals surface area (Å²) in [6, 6.07) is 5.16. The Morgan fingerprint density at radius 2 is 2.10 bits per heavy atom. The molecule has 0 bridgehead atoms. The maximum absolute atomic E-state index is 11.8. The van der Waals surface area contributed by atoms with Crippen LogP contribution in [-0.2, 0) is 11.2 Å². The molecule has 0 heterocycles. The molecule has 0 spiro atoms. The summed E-state index contributed by atoms with van der Waals surface area (Å²) in [7, 11) is -1.50. The van der Waals surface area contributed by atoms with Crippen LogP contribution in [0, 0.1) is 0 Å². The second-order valence-corrected chi connectivity index (χ2v) is 6.07. The van der Waals surface area contributed by atoms with Crippen LogP contribution >= 0.6 is 0 Å². The second kappa shape index (κ2) is 5.46. The smallest absolute Gasteiger partial charge is 0.444 e. The predicted octanol–water partition coefficient (Wildman–Crippen LogP) is 0.878. The van der Waals surface area contributed by atoms with E-state index in [0.29, 0.717) is 5.46 Å². The number of ether oxygens (including phenoxy) is 1. The van der Waals surface area contributed by atoms with Gasteiger partial charge in [-0.1, -0.05) is 18.2 Å². The molecular formula is C14H20BNO4. The van der Waals surface area contributed by atoms with E-state index in [0.717, 1.165) is 24.0 Å². The highest BCUT2D eigenvalue weighted by Gasteiger charge is 2.27. The molecule has 0 saturated heterocycles. The van der Waals surface area contributed by atoms with Gasteiger partial charge in [-0.2, -0.15) is 0 Å². The molecule has 0 fully saturated rings. The predicted molar refractivity (Wildman–Crippen MR) is 76.7 cm³/mol. The highest BCUT2D eigenvalue weighted by molar-refractivity contribution is 6.58. The Hall–Kier alpha value is -1.53. The molecule has 1 atom stereocenters. The van der Waals surface area contributed by atoms with E-state index in [4.69, 9.17) is 4.74 Å². The van der Waals surface area contributed by atoms with E-state index in [1.165, 1.54) is 0 Å². The lowest BCUT2D eigenvalue weighted by molar-refractivity contribution is 0.0503. The molecule has 5 nitrogen and oxygen atoms in total. The Balaban J connectivity index is 2.11. The zero-order valence-corrected chi connectivity index (χ0v) is 12.0. The second-order valence-electron chi connectivity index (χ2n) is 6.07. The van der Waals surface area contributed by atoms with Crippen molar-refractivity contribution >= 4 is 18.7 Å². The van der Waals surface area contributed by atoms with Gasteiger partial charge in [0.05, 0.1) is 6.04 Å². The van der Waals surface area contributed by atoms with Gasteiger partial charge in [-0.25, -0.2) is 4.79 Å². The van der Waals surface area contributed by atoms with E-state index < -0.39 is 18.8 Å². The van der Waals surface area contributed by atoms with E-state index in [2.05, 4.69) is 5.32 Å². The number of nitrogens with one attached hydrogen (secondary N) is 1. The fourth-order valence-electron chi connectivity index (χ4n) is 2.38. The van der Waals surface area contributed by atoms with Crippen LogP contribution in [0.2, 0.25) is 0 Å². The van der Waals surface area contributed by atoms with Crippen LogP contribution < -0.4 is 10.8 Å². The molecule has 0 saturated carbocycles. The summed E-state index contributed by atoms with van der Waals surface area (Å²) in [5, 5.41) is 21.3. The lowest BCUT2D eigenvalue weighted by atomic mass is 9.79. The maximum Gasteiger partial charge on any atom is 0.488 e. The number of hydrogen-bond acceptors (Lipinski definition) is 4. The van der Waals surface area contributed by atoms with Gasteiger partial charge in [0.15, 0.2) is 0 Å². The maximum atomic E-state index is 11.8. The number of fused-ring (bicyclic) bond motifs is 1. The van der Waals surface area contributed by atoms with Gasteiger partial charge in [0.2, 0.25) is 0 Å². The summed E-state index contributed by atoms with van der Waals surface area (Å²) in [4.78, 5) is 11.8. The molecule has 1 unspecified atom stereocenters. The van der Waals surface area contributed by atoms with Crippen molar-refractivity contribution in [3.8, 4) is 0 Å². The van der Waals surface area contributed by atoms with Crippen LogP contribution in [0.5, 0.6) is 0 Å². The van der Waals surface area contributed by atoms with Gasteiger partial charge in [-0.15, -0.1) is 0 Å². The minimum Gasteiger partial charge on any atom is -0.444 e. The first-order valence-corrected chi connectivity index (χ1v) is 6.74. The Bertz CT molecular complexity index is 510. The Labute approximate surface area is 119 Å². The zero-order chi connectivity index (χ0) is 14.9. The van der Waals surface area contributed by atoms with Crippen molar-refractivity contribution in [1.29, 1.82) is 0 Å². The topological polar surface area (TPSA) is 78.8 Å². The summed E-state index contributed by atoms with van der Waals surface area (Å²) in [6.45, 7) is 5.44. The molecule has 1 aromatic rings. The van der Waals surface area contributed by atoms with Gasteiger partial charge in [0, 0.05) is 0 Å². The molecule has 20 heavy (non-hydrogen) atoms. The average Bonchev–Trinajstić information content (AvgIpc) is 2.69. The number of aryl methyl sites for hydroxylation is 1. The summed E-state index contributed by atoms with van der Waals surface area (Å²) < 4.78 is 5.24. The molecule has 6 heteroatoms. The lowest BCUT2D eigenvalue weighted by Gasteiger charge is -2.22. The summed E-state index contributed by atoms with van der Waals surface area (Å²) in [5.74, 6) is 0. The van der Waals surface area contributed by atoms with Crippen molar-refractivity contribution < 1.29 is 19.6 Å². The fraction of sp³-hybridized carbons (Fsp3) is 0.500. The summed E-state index contributed by atoms with van der Waals surface area (Å²) in [5.41, 5.74) is 1.95. The number of alkyl carbamates (subject to hydrolysis) is 1. The van der Waals surface area contributed by atoms with Gasteiger partial charge in [-0.3, -0.25) is 0 Å². The third-order valence-corrected chi connectivity index (χ3v) is 3.24. The van der Waals surface area contributed by atoms with Crippen molar-refractivity contribution in [3.05, 3.63) is 29.3 Å². The van der Waals surface area contributed by atoms with Crippen molar-refractivity contribution in [2.45, 2.75) is 45.3 Å². The van der Waals surface area contributed by atoms with Gasteiger partial charge < -0.3 is 20.1 Å². The molecule has 0 radical (unpaired) electrons. The third kappa shape index (κ3) is 3.52. The highest BCUT2D eigenvalue weighted by atomic mass is 16.6. The molecule has 1 aliphatic carbocycles. The van der Waals surface area contributed by atoms with Gasteiger partial charge in [0.1, 0.15) is 5.60 Å². The minimum absolute atomic E-state index is 0.140. The van der Waals surface area contributed by atoms with E-state index in [-0.39, 0.29) is 6.04 Å². The number of benzene rings is 1. The van der Waals surface area contributed by atoms with Crippen molar-refractivity contribution in [2.75, 3.05) is 0 Å². The third-order valence-electron chi connectivity index (χ3n) is 3.24. The molecule has 108 valence electrons. The minimum atomic E-state index is -1.50. The van der Waals surface area contributed by atoms with E-state index in [1.807, 2.05) is 26.8 Å². The molecule has 1 aromatic carbocycles. The quantitative estimate of drug-likeness (QED) is 0.701. The first-order valence-electron chi connectivity index (χ1n) is 6.74. The standard InChI is InChI=1S/C14H20BNO4/c1-14(2,3)20-13(17)16-12-7-5-9-4-6-10(15(18)19)8-11(9)12/h4,6,8,12,18-19H,5,7H2,1-3H3,(H,16,17). The molecule has 1 aliphatic rings. The molecular weight excluding hydrogens is 257 g/mol.